The van der Waals surface area contributed by atoms with Crippen molar-refractivity contribution in [2.45, 2.75) is 18.9 Å². The number of amides is 5. The smallest absolute Gasteiger partial charge is 0.322 e. The van der Waals surface area contributed by atoms with Gasteiger partial charge in [-0.05, 0) is 36.8 Å². The maximum absolute atomic E-state index is 12.1. The van der Waals surface area contributed by atoms with Gasteiger partial charge in [-0.25, -0.2) is 4.79 Å². The summed E-state index contributed by atoms with van der Waals surface area (Å²) in [5, 5.41) is 10.0. The molecule has 2 heterocycles. The van der Waals surface area contributed by atoms with Gasteiger partial charge in [0.05, 0.1) is 6.26 Å². The molecule has 27 heavy (non-hydrogen) atoms. The summed E-state index contributed by atoms with van der Waals surface area (Å²) in [6, 6.07) is 9.20. The predicted molar refractivity (Wildman–Crippen MR) is 94.8 cm³/mol. The Morgan fingerprint density at radius 3 is 2.67 bits per heavy atom. The maximum Gasteiger partial charge on any atom is 0.322 e. The second kappa shape index (κ2) is 7.32. The van der Waals surface area contributed by atoms with Crippen LogP contribution in [0, 0.1) is 0 Å². The number of benzene rings is 1. The summed E-state index contributed by atoms with van der Waals surface area (Å²) in [5.41, 5.74) is -0.186. The number of nitrogens with one attached hydrogen (secondary N) is 4. The third-order valence-electron chi connectivity index (χ3n) is 4.15. The van der Waals surface area contributed by atoms with Crippen LogP contribution in [-0.4, -0.2) is 30.3 Å². The van der Waals surface area contributed by atoms with E-state index in [0.717, 1.165) is 0 Å². The van der Waals surface area contributed by atoms with Crippen LogP contribution in [0.15, 0.2) is 47.1 Å². The fourth-order valence-electron chi connectivity index (χ4n) is 2.66. The summed E-state index contributed by atoms with van der Waals surface area (Å²) in [6.07, 6.45) is 1.45. The quantitative estimate of drug-likeness (QED) is 0.566. The molecule has 140 valence electrons. The second-order valence-electron chi connectivity index (χ2n) is 6.15. The van der Waals surface area contributed by atoms with Gasteiger partial charge in [-0.2, -0.15) is 0 Å². The lowest BCUT2D eigenvalue weighted by molar-refractivity contribution is -0.123. The van der Waals surface area contributed by atoms with Crippen LogP contribution in [-0.2, 0) is 15.1 Å². The van der Waals surface area contributed by atoms with Crippen LogP contribution in [0.5, 0.6) is 0 Å². The lowest BCUT2D eigenvalue weighted by Crippen LogP contribution is -2.40. The van der Waals surface area contributed by atoms with Gasteiger partial charge in [-0.3, -0.25) is 19.7 Å². The predicted octanol–water partition coefficient (Wildman–Crippen LogP) is 1.09. The second-order valence-corrected chi connectivity index (χ2v) is 6.15. The van der Waals surface area contributed by atoms with Gasteiger partial charge in [0.25, 0.3) is 11.8 Å². The molecule has 0 radical (unpaired) electrons. The number of hydrogen-bond donors (Lipinski definition) is 4. The molecule has 0 aliphatic carbocycles. The van der Waals surface area contributed by atoms with Gasteiger partial charge in [-0.1, -0.05) is 12.1 Å². The van der Waals surface area contributed by atoms with E-state index in [-0.39, 0.29) is 24.6 Å². The number of imide groups is 1. The van der Waals surface area contributed by atoms with Crippen molar-refractivity contribution in [1.29, 1.82) is 0 Å². The fraction of sp³-hybridized carbons (Fsp3) is 0.222. The number of urea groups is 1. The van der Waals surface area contributed by atoms with Crippen molar-refractivity contribution < 1.29 is 23.6 Å². The van der Waals surface area contributed by atoms with E-state index >= 15 is 0 Å². The Kier molecular flexibility index (Phi) is 4.93. The first kappa shape index (κ1) is 18.2. The van der Waals surface area contributed by atoms with Crippen LogP contribution < -0.4 is 21.3 Å². The molecular formula is C18H18N4O5. The molecule has 0 unspecified atom stereocenters. The van der Waals surface area contributed by atoms with Crippen LogP contribution in [0.2, 0.25) is 0 Å². The summed E-state index contributed by atoms with van der Waals surface area (Å²) in [4.78, 5) is 47.2. The molecule has 0 saturated carbocycles. The molecule has 0 spiro atoms. The molecule has 4 N–H and O–H groups in total. The van der Waals surface area contributed by atoms with Crippen LogP contribution in [0.3, 0.4) is 0 Å². The highest BCUT2D eigenvalue weighted by Gasteiger charge is 2.43. The average Bonchev–Trinajstić information content (AvgIpc) is 3.24. The Hall–Kier alpha value is -3.62. The van der Waals surface area contributed by atoms with Crippen LogP contribution in [0.1, 0.15) is 29.5 Å². The van der Waals surface area contributed by atoms with Crippen molar-refractivity contribution in [3.8, 4) is 0 Å². The molecule has 1 aromatic heterocycles. The minimum Gasteiger partial charge on any atom is -0.459 e. The van der Waals surface area contributed by atoms with Crippen molar-refractivity contribution in [2.75, 3.05) is 11.9 Å². The molecular weight excluding hydrogens is 352 g/mol. The molecule has 3 rings (SSSR count). The molecule has 9 nitrogen and oxygen atoms in total. The number of rotatable bonds is 6. The lowest BCUT2D eigenvalue weighted by Gasteiger charge is -2.21. The van der Waals surface area contributed by atoms with Crippen molar-refractivity contribution >= 4 is 29.4 Å². The number of carbonyl (C=O) groups excluding carboxylic acids is 4. The van der Waals surface area contributed by atoms with Gasteiger partial charge in [0.15, 0.2) is 5.76 Å². The van der Waals surface area contributed by atoms with Crippen LogP contribution >= 0.6 is 0 Å². The zero-order valence-corrected chi connectivity index (χ0v) is 14.5. The third-order valence-corrected chi connectivity index (χ3v) is 4.15. The summed E-state index contributed by atoms with van der Waals surface area (Å²) in [6.45, 7) is 1.72. The minimum atomic E-state index is -1.20. The van der Waals surface area contributed by atoms with E-state index in [1.807, 2.05) is 0 Å². The monoisotopic (exact) mass is 370 g/mol. The van der Waals surface area contributed by atoms with E-state index < -0.39 is 23.4 Å². The summed E-state index contributed by atoms with van der Waals surface area (Å²) >= 11 is 0. The highest BCUT2D eigenvalue weighted by atomic mass is 16.3. The Morgan fingerprint density at radius 1 is 1.19 bits per heavy atom. The van der Waals surface area contributed by atoms with E-state index in [9.17, 15) is 19.2 Å². The molecule has 2 aromatic rings. The van der Waals surface area contributed by atoms with Crippen molar-refractivity contribution in [3.05, 3.63) is 54.0 Å². The molecule has 0 bridgehead atoms. The highest BCUT2D eigenvalue weighted by Crippen LogP contribution is 2.26. The first-order chi connectivity index (χ1) is 12.9. The average molecular weight is 370 g/mol. The van der Waals surface area contributed by atoms with Gasteiger partial charge in [-0.15, -0.1) is 0 Å². The maximum atomic E-state index is 12.1. The first-order valence-electron chi connectivity index (χ1n) is 8.24. The number of carbonyl (C=O) groups is 4. The van der Waals surface area contributed by atoms with E-state index in [1.165, 1.54) is 12.3 Å². The lowest BCUT2D eigenvalue weighted by atomic mass is 9.92. The number of furan rings is 1. The molecule has 5 amide bonds. The highest BCUT2D eigenvalue weighted by molar-refractivity contribution is 6.07. The van der Waals surface area contributed by atoms with E-state index in [4.69, 9.17) is 4.42 Å². The van der Waals surface area contributed by atoms with Crippen LogP contribution in [0.4, 0.5) is 10.5 Å². The van der Waals surface area contributed by atoms with Gasteiger partial charge >= 0.3 is 6.03 Å². The third kappa shape index (κ3) is 3.97. The van der Waals surface area contributed by atoms with Gasteiger partial charge in [0, 0.05) is 18.7 Å². The minimum absolute atomic E-state index is 0.0607. The molecule has 1 aliphatic heterocycles. The van der Waals surface area contributed by atoms with E-state index in [2.05, 4.69) is 21.3 Å². The molecule has 1 saturated heterocycles. The normalized spacial score (nSPS) is 18.6. The van der Waals surface area contributed by atoms with E-state index in [1.54, 1.807) is 37.3 Å². The fourth-order valence-corrected chi connectivity index (χ4v) is 2.66. The summed E-state index contributed by atoms with van der Waals surface area (Å²) in [5.74, 6) is -0.993. The molecule has 1 aromatic carbocycles. The molecule has 1 fully saturated rings. The number of anilines is 1. The zero-order valence-electron chi connectivity index (χ0n) is 14.5. The van der Waals surface area contributed by atoms with Crippen molar-refractivity contribution in [1.82, 2.24) is 16.0 Å². The Bertz CT molecular complexity index is 893. The summed E-state index contributed by atoms with van der Waals surface area (Å²) < 4.78 is 4.96. The van der Waals surface area contributed by atoms with Crippen molar-refractivity contribution in [3.63, 3.8) is 0 Å². The topological polar surface area (TPSA) is 130 Å². The Balaban J connectivity index is 1.56. The Labute approximate surface area is 154 Å². The molecule has 1 atom stereocenters. The van der Waals surface area contributed by atoms with Gasteiger partial charge < -0.3 is 20.4 Å². The largest absolute Gasteiger partial charge is 0.459 e. The SMILES string of the molecule is C[C@]1(c2cccc(NC(=O)CCNC(=O)c3ccco3)c2)NC(=O)NC1=O. The standard InChI is InChI=1S/C18H18N4O5/c1-18(16(25)21-17(26)22-18)11-4-2-5-12(10-11)20-14(23)7-8-19-15(24)13-6-3-9-27-13/h2-6,9-10H,7-8H2,1H3,(H,19,24)(H,20,23)(H2,21,22,25,26)/t18-/m1/s1. The Morgan fingerprint density at radius 2 is 2.00 bits per heavy atom. The van der Waals surface area contributed by atoms with Crippen LogP contribution in [0.25, 0.3) is 0 Å². The molecule has 9 heteroatoms. The zero-order chi connectivity index (χ0) is 19.4. The van der Waals surface area contributed by atoms with E-state index in [0.29, 0.717) is 11.3 Å². The summed E-state index contributed by atoms with van der Waals surface area (Å²) in [7, 11) is 0. The molecule has 1 aliphatic rings. The number of hydrogen-bond acceptors (Lipinski definition) is 5. The van der Waals surface area contributed by atoms with Gasteiger partial charge in [0.1, 0.15) is 5.54 Å². The van der Waals surface area contributed by atoms with Crippen molar-refractivity contribution in [2.24, 2.45) is 0 Å². The van der Waals surface area contributed by atoms with Gasteiger partial charge in [0.2, 0.25) is 5.91 Å². The first-order valence-corrected chi connectivity index (χ1v) is 8.24.